The molecule has 1 unspecified atom stereocenters. The maximum atomic E-state index is 12.3. The number of phenols is 2. The third-order valence-electron chi connectivity index (χ3n) is 4.13. The minimum atomic E-state index is -0.368. The van der Waals surface area contributed by atoms with Crippen LogP contribution in [0.2, 0.25) is 0 Å². The highest BCUT2D eigenvalue weighted by molar-refractivity contribution is 5.84. The van der Waals surface area contributed by atoms with Gasteiger partial charge in [0.15, 0.2) is 11.5 Å². The predicted octanol–water partition coefficient (Wildman–Crippen LogP) is 2.97. The zero-order valence-electron chi connectivity index (χ0n) is 13.3. The van der Waals surface area contributed by atoms with Crippen LogP contribution in [0.5, 0.6) is 11.5 Å². The molecule has 0 spiro atoms. The van der Waals surface area contributed by atoms with Crippen molar-refractivity contribution in [3.63, 3.8) is 0 Å². The lowest BCUT2D eigenvalue weighted by Gasteiger charge is -2.24. The molecule has 0 radical (unpaired) electrons. The molecule has 0 bridgehead atoms. The maximum Gasteiger partial charge on any atom is 0.329 e. The summed E-state index contributed by atoms with van der Waals surface area (Å²) in [5.41, 5.74) is 1.66. The lowest BCUT2D eigenvalue weighted by Crippen LogP contribution is -2.39. The Kier molecular flexibility index (Phi) is 5.52. The molecule has 0 saturated carbocycles. The Morgan fingerprint density at radius 3 is 2.64 bits per heavy atom. The Balaban J connectivity index is 1.99. The number of carbonyl (C=O) groups excluding carboxylic acids is 1. The molecule has 0 aliphatic carbocycles. The molecular weight excluding hydrogens is 282 g/mol. The van der Waals surface area contributed by atoms with Gasteiger partial charge in [-0.2, -0.15) is 0 Å². The van der Waals surface area contributed by atoms with Crippen LogP contribution >= 0.6 is 0 Å². The van der Waals surface area contributed by atoms with Crippen molar-refractivity contribution in [2.24, 2.45) is 0 Å². The van der Waals surface area contributed by atoms with Gasteiger partial charge in [0, 0.05) is 24.7 Å². The van der Waals surface area contributed by atoms with Crippen molar-refractivity contribution in [2.75, 3.05) is 18.1 Å². The van der Waals surface area contributed by atoms with Crippen LogP contribution in [0.3, 0.4) is 0 Å². The molecular formula is C17H25NO4. The fourth-order valence-electron chi connectivity index (χ4n) is 2.93. The normalized spacial score (nSPS) is 16.6. The van der Waals surface area contributed by atoms with Crippen molar-refractivity contribution in [3.05, 3.63) is 17.7 Å². The van der Waals surface area contributed by atoms with Gasteiger partial charge in [0.1, 0.15) is 6.04 Å². The van der Waals surface area contributed by atoms with E-state index in [4.69, 9.17) is 4.74 Å². The Morgan fingerprint density at radius 2 is 1.95 bits per heavy atom. The number of esters is 1. The summed E-state index contributed by atoms with van der Waals surface area (Å²) in [6, 6.07) is 2.68. The SMILES string of the molecule is CCCCCCOC(=O)C1Cc2cc(O)c(O)cc2N1CC. The molecule has 1 heterocycles. The molecule has 1 aliphatic rings. The zero-order valence-corrected chi connectivity index (χ0v) is 13.3. The highest BCUT2D eigenvalue weighted by Crippen LogP contribution is 2.39. The van der Waals surface area contributed by atoms with Gasteiger partial charge >= 0.3 is 5.97 Å². The monoisotopic (exact) mass is 307 g/mol. The second kappa shape index (κ2) is 7.38. The van der Waals surface area contributed by atoms with Crippen LogP contribution < -0.4 is 4.90 Å². The van der Waals surface area contributed by atoms with E-state index < -0.39 is 0 Å². The average molecular weight is 307 g/mol. The second-order valence-corrected chi connectivity index (χ2v) is 5.70. The van der Waals surface area contributed by atoms with Gasteiger partial charge in [-0.1, -0.05) is 26.2 Å². The summed E-state index contributed by atoms with van der Waals surface area (Å²) in [4.78, 5) is 14.2. The third-order valence-corrected chi connectivity index (χ3v) is 4.13. The quantitative estimate of drug-likeness (QED) is 0.460. The van der Waals surface area contributed by atoms with Crippen LogP contribution in [0.1, 0.15) is 45.1 Å². The highest BCUT2D eigenvalue weighted by Gasteiger charge is 2.35. The molecule has 1 aromatic rings. The summed E-state index contributed by atoms with van der Waals surface area (Å²) in [6.45, 7) is 5.21. The first kappa shape index (κ1) is 16.5. The summed E-state index contributed by atoms with van der Waals surface area (Å²) >= 11 is 0. The Morgan fingerprint density at radius 1 is 1.23 bits per heavy atom. The topological polar surface area (TPSA) is 70.0 Å². The smallest absolute Gasteiger partial charge is 0.329 e. The molecule has 5 heteroatoms. The number of hydrogen-bond donors (Lipinski definition) is 2. The third kappa shape index (κ3) is 3.46. The van der Waals surface area contributed by atoms with Crippen LogP contribution in [0.15, 0.2) is 12.1 Å². The first-order chi connectivity index (χ1) is 10.6. The number of aromatic hydroxyl groups is 2. The molecule has 0 saturated heterocycles. The van der Waals surface area contributed by atoms with Crippen LogP contribution in [0.4, 0.5) is 5.69 Å². The number of nitrogens with zero attached hydrogens (tertiary/aromatic N) is 1. The summed E-state index contributed by atoms with van der Waals surface area (Å²) in [6.07, 6.45) is 4.79. The number of rotatable bonds is 7. The minimum absolute atomic E-state index is 0.150. The van der Waals surface area contributed by atoms with E-state index in [1.807, 2.05) is 11.8 Å². The molecule has 2 rings (SSSR count). The first-order valence-corrected chi connectivity index (χ1v) is 8.06. The molecule has 1 atom stereocenters. The Bertz CT molecular complexity index is 530. The van der Waals surface area contributed by atoms with Gasteiger partial charge in [0.05, 0.1) is 6.61 Å². The lowest BCUT2D eigenvalue weighted by molar-refractivity contribution is -0.145. The Labute approximate surface area is 131 Å². The number of unbranched alkanes of at least 4 members (excludes halogenated alkanes) is 3. The lowest BCUT2D eigenvalue weighted by atomic mass is 10.1. The van der Waals surface area contributed by atoms with Crippen LogP contribution in [-0.4, -0.2) is 35.4 Å². The fraction of sp³-hybridized carbons (Fsp3) is 0.588. The minimum Gasteiger partial charge on any atom is -0.504 e. The van der Waals surface area contributed by atoms with E-state index in [1.54, 1.807) is 0 Å². The van der Waals surface area contributed by atoms with Crippen LogP contribution in [-0.2, 0) is 16.0 Å². The number of fused-ring (bicyclic) bond motifs is 1. The predicted molar refractivity (Wildman–Crippen MR) is 85.4 cm³/mol. The molecule has 22 heavy (non-hydrogen) atoms. The van der Waals surface area contributed by atoms with E-state index in [0.29, 0.717) is 19.6 Å². The highest BCUT2D eigenvalue weighted by atomic mass is 16.5. The van der Waals surface area contributed by atoms with Crippen molar-refractivity contribution in [1.82, 2.24) is 0 Å². The first-order valence-electron chi connectivity index (χ1n) is 8.06. The van der Waals surface area contributed by atoms with Crippen LogP contribution in [0.25, 0.3) is 0 Å². The number of hydrogen-bond acceptors (Lipinski definition) is 5. The van der Waals surface area contributed by atoms with Gasteiger partial charge in [-0.3, -0.25) is 0 Å². The van der Waals surface area contributed by atoms with Gasteiger partial charge in [-0.05, 0) is 25.0 Å². The maximum absolute atomic E-state index is 12.3. The van der Waals surface area contributed by atoms with E-state index in [2.05, 4.69) is 6.92 Å². The number of likely N-dealkylation sites (N-methyl/N-ethyl adjacent to an activating group) is 1. The number of phenolic OH excluding ortho intramolecular Hbond substituents is 2. The number of carbonyl (C=O) groups is 1. The van der Waals surface area contributed by atoms with Crippen molar-refractivity contribution in [3.8, 4) is 11.5 Å². The molecule has 1 aromatic carbocycles. The van der Waals surface area contributed by atoms with Gasteiger partial charge in [0.25, 0.3) is 0 Å². The summed E-state index contributed by atoms with van der Waals surface area (Å²) in [5.74, 6) is -0.539. The number of ether oxygens (including phenoxy) is 1. The van der Waals surface area contributed by atoms with Crippen molar-refractivity contribution < 1.29 is 19.7 Å². The standard InChI is InChI=1S/C17H25NO4/c1-3-5-6-7-8-22-17(21)14-9-12-10-15(19)16(20)11-13(12)18(14)4-2/h10-11,14,19-20H,3-9H2,1-2H3. The van der Waals surface area contributed by atoms with E-state index in [0.717, 1.165) is 36.9 Å². The van der Waals surface area contributed by atoms with Gasteiger partial charge in [0.2, 0.25) is 0 Å². The summed E-state index contributed by atoms with van der Waals surface area (Å²) < 4.78 is 5.39. The molecule has 5 nitrogen and oxygen atoms in total. The second-order valence-electron chi connectivity index (χ2n) is 5.70. The molecule has 122 valence electrons. The van der Waals surface area contributed by atoms with E-state index in [9.17, 15) is 15.0 Å². The largest absolute Gasteiger partial charge is 0.504 e. The van der Waals surface area contributed by atoms with Crippen LogP contribution in [0, 0.1) is 0 Å². The fourth-order valence-corrected chi connectivity index (χ4v) is 2.93. The van der Waals surface area contributed by atoms with E-state index in [1.165, 1.54) is 12.1 Å². The van der Waals surface area contributed by atoms with Gasteiger partial charge in [-0.25, -0.2) is 4.79 Å². The Hall–Kier alpha value is -1.91. The van der Waals surface area contributed by atoms with E-state index >= 15 is 0 Å². The molecule has 0 aromatic heterocycles. The van der Waals surface area contributed by atoms with Crippen molar-refractivity contribution in [1.29, 1.82) is 0 Å². The van der Waals surface area contributed by atoms with Gasteiger partial charge < -0.3 is 19.8 Å². The number of anilines is 1. The van der Waals surface area contributed by atoms with Gasteiger partial charge in [-0.15, -0.1) is 0 Å². The van der Waals surface area contributed by atoms with Crippen molar-refractivity contribution >= 4 is 11.7 Å². The molecule has 0 amide bonds. The van der Waals surface area contributed by atoms with E-state index in [-0.39, 0.29) is 23.5 Å². The molecule has 1 aliphatic heterocycles. The average Bonchev–Trinajstić information content (AvgIpc) is 2.85. The molecule has 2 N–H and O–H groups in total. The molecule has 0 fully saturated rings. The summed E-state index contributed by atoms with van der Waals surface area (Å²) in [7, 11) is 0. The number of benzene rings is 1. The zero-order chi connectivity index (χ0) is 16.1. The van der Waals surface area contributed by atoms with Crippen molar-refractivity contribution in [2.45, 2.75) is 52.0 Å². The summed E-state index contributed by atoms with van der Waals surface area (Å²) in [5, 5.41) is 19.3.